The molecule has 2 heterocycles. The fraction of sp³-hybridized carbons (Fsp3) is 0.118. The van der Waals surface area contributed by atoms with Crippen LogP contribution >= 0.6 is 22.7 Å². The van der Waals surface area contributed by atoms with Gasteiger partial charge in [-0.2, -0.15) is 0 Å². The average Bonchev–Trinajstić information content (AvgIpc) is 3.19. The Bertz CT molecular complexity index is 856. The molecule has 0 saturated carbocycles. The molecule has 7 heteroatoms. The van der Waals surface area contributed by atoms with Crippen LogP contribution < -0.4 is 10.6 Å². The monoisotopic (exact) mass is 357 g/mol. The molecule has 0 aliphatic heterocycles. The maximum atomic E-state index is 12.1. The number of nitrogens with one attached hydrogen (secondary N) is 2. The maximum absolute atomic E-state index is 12.1. The molecule has 0 unspecified atom stereocenters. The summed E-state index contributed by atoms with van der Waals surface area (Å²) < 4.78 is 0. The van der Waals surface area contributed by atoms with Crippen molar-refractivity contribution in [3.8, 4) is 0 Å². The Morgan fingerprint density at radius 2 is 2.00 bits per heavy atom. The second kappa shape index (κ2) is 7.37. The summed E-state index contributed by atoms with van der Waals surface area (Å²) in [7, 11) is 0. The van der Waals surface area contributed by atoms with E-state index in [0.29, 0.717) is 15.7 Å². The minimum absolute atomic E-state index is 0.137. The maximum Gasteiger partial charge on any atom is 0.267 e. The van der Waals surface area contributed by atoms with Crippen LogP contribution in [-0.4, -0.2) is 16.8 Å². The lowest BCUT2D eigenvalue weighted by Gasteiger charge is -2.04. The second-order valence-corrected chi connectivity index (χ2v) is 6.98. The van der Waals surface area contributed by atoms with Crippen LogP contribution in [0.3, 0.4) is 0 Å². The van der Waals surface area contributed by atoms with Crippen molar-refractivity contribution in [2.75, 3.05) is 10.6 Å². The number of hydrogen-bond donors (Lipinski definition) is 2. The largest absolute Gasteiger partial charge is 0.326 e. The zero-order valence-corrected chi connectivity index (χ0v) is 14.5. The minimum Gasteiger partial charge on any atom is -0.326 e. The number of thiazole rings is 1. The molecule has 3 aromatic rings. The van der Waals surface area contributed by atoms with Crippen molar-refractivity contribution in [2.24, 2.45) is 0 Å². The molecule has 0 aliphatic rings. The molecule has 2 aromatic heterocycles. The van der Waals surface area contributed by atoms with Crippen molar-refractivity contribution in [1.29, 1.82) is 0 Å². The zero-order valence-electron chi connectivity index (χ0n) is 12.9. The zero-order chi connectivity index (χ0) is 16.9. The molecular weight excluding hydrogens is 342 g/mol. The summed E-state index contributed by atoms with van der Waals surface area (Å²) >= 11 is 2.68. The Morgan fingerprint density at radius 3 is 2.75 bits per heavy atom. The lowest BCUT2D eigenvalue weighted by molar-refractivity contribution is -0.115. The van der Waals surface area contributed by atoms with E-state index in [1.807, 2.05) is 42.6 Å². The van der Waals surface area contributed by atoms with Gasteiger partial charge in [0.05, 0.1) is 17.0 Å². The SMILES string of the molecule is Cc1cccc(NC(=O)Cc2csc(NC(=O)c3cccs3)n2)c1. The van der Waals surface area contributed by atoms with E-state index in [2.05, 4.69) is 15.6 Å². The van der Waals surface area contributed by atoms with Gasteiger partial charge in [-0.25, -0.2) is 4.98 Å². The average molecular weight is 357 g/mol. The van der Waals surface area contributed by atoms with Gasteiger partial charge < -0.3 is 5.32 Å². The normalized spacial score (nSPS) is 10.4. The molecule has 0 bridgehead atoms. The smallest absolute Gasteiger partial charge is 0.267 e. The van der Waals surface area contributed by atoms with Crippen molar-refractivity contribution in [2.45, 2.75) is 13.3 Å². The summed E-state index contributed by atoms with van der Waals surface area (Å²) in [6.45, 7) is 1.97. The Balaban J connectivity index is 1.57. The number of carbonyl (C=O) groups excluding carboxylic acids is 2. The van der Waals surface area contributed by atoms with Crippen molar-refractivity contribution in [3.63, 3.8) is 0 Å². The number of rotatable bonds is 5. The molecule has 0 radical (unpaired) electrons. The number of carbonyl (C=O) groups is 2. The standard InChI is InChI=1S/C17H15N3O2S2/c1-11-4-2-5-12(8-11)18-15(21)9-13-10-24-17(19-13)20-16(22)14-6-3-7-23-14/h2-8,10H,9H2,1H3,(H,18,21)(H,19,20,22). The summed E-state index contributed by atoms with van der Waals surface area (Å²) in [5, 5.41) is 9.70. The molecule has 0 spiro atoms. The summed E-state index contributed by atoms with van der Waals surface area (Å²) in [4.78, 5) is 29.0. The summed E-state index contributed by atoms with van der Waals surface area (Å²) in [6.07, 6.45) is 0.166. The van der Waals surface area contributed by atoms with Crippen molar-refractivity contribution < 1.29 is 9.59 Å². The summed E-state index contributed by atoms with van der Waals surface area (Å²) in [5.41, 5.74) is 2.48. The van der Waals surface area contributed by atoms with Crippen LogP contribution in [0, 0.1) is 6.92 Å². The van der Waals surface area contributed by atoms with Crippen LogP contribution in [0.15, 0.2) is 47.2 Å². The molecular formula is C17H15N3O2S2. The van der Waals surface area contributed by atoms with E-state index in [4.69, 9.17) is 0 Å². The summed E-state index contributed by atoms with van der Waals surface area (Å²) in [5.74, 6) is -0.322. The Labute approximate surface area is 147 Å². The second-order valence-electron chi connectivity index (χ2n) is 5.17. The van der Waals surface area contributed by atoms with Gasteiger partial charge in [-0.05, 0) is 36.1 Å². The molecule has 0 saturated heterocycles. The highest BCUT2D eigenvalue weighted by Crippen LogP contribution is 2.19. The van der Waals surface area contributed by atoms with Crippen LogP contribution in [0.4, 0.5) is 10.8 Å². The molecule has 2 N–H and O–H groups in total. The van der Waals surface area contributed by atoms with Gasteiger partial charge in [0, 0.05) is 11.1 Å². The molecule has 5 nitrogen and oxygen atoms in total. The van der Waals surface area contributed by atoms with Crippen molar-refractivity contribution in [1.82, 2.24) is 4.98 Å². The third-order valence-corrected chi connectivity index (χ3v) is 4.84. The number of nitrogens with zero attached hydrogens (tertiary/aromatic N) is 1. The Morgan fingerprint density at radius 1 is 1.12 bits per heavy atom. The van der Waals surface area contributed by atoms with E-state index in [-0.39, 0.29) is 18.2 Å². The van der Waals surface area contributed by atoms with Gasteiger partial charge in [0.15, 0.2) is 5.13 Å². The number of benzene rings is 1. The molecule has 24 heavy (non-hydrogen) atoms. The number of aryl methyl sites for hydroxylation is 1. The van der Waals surface area contributed by atoms with Crippen LogP contribution in [0.1, 0.15) is 20.9 Å². The Kier molecular flexibility index (Phi) is 5.02. The number of anilines is 2. The van der Waals surface area contributed by atoms with Crippen LogP contribution in [0.5, 0.6) is 0 Å². The molecule has 3 rings (SSSR count). The first-order valence-corrected chi connectivity index (χ1v) is 9.02. The fourth-order valence-electron chi connectivity index (χ4n) is 2.10. The third-order valence-electron chi connectivity index (χ3n) is 3.16. The van der Waals surface area contributed by atoms with E-state index >= 15 is 0 Å². The predicted molar refractivity (Wildman–Crippen MR) is 97.9 cm³/mol. The lowest BCUT2D eigenvalue weighted by atomic mass is 10.2. The highest BCUT2D eigenvalue weighted by Gasteiger charge is 2.12. The van der Waals surface area contributed by atoms with Gasteiger partial charge in [0.2, 0.25) is 5.91 Å². The summed E-state index contributed by atoms with van der Waals surface area (Å²) in [6, 6.07) is 11.2. The minimum atomic E-state index is -0.185. The van der Waals surface area contributed by atoms with Gasteiger partial charge in [-0.15, -0.1) is 22.7 Å². The quantitative estimate of drug-likeness (QED) is 0.726. The Hall–Kier alpha value is -2.51. The van der Waals surface area contributed by atoms with Gasteiger partial charge >= 0.3 is 0 Å². The molecule has 0 atom stereocenters. The first kappa shape index (κ1) is 16.4. The number of amides is 2. The molecule has 0 fully saturated rings. The molecule has 1 aromatic carbocycles. The highest BCUT2D eigenvalue weighted by molar-refractivity contribution is 7.14. The lowest BCUT2D eigenvalue weighted by Crippen LogP contribution is -2.15. The molecule has 122 valence electrons. The number of thiophene rings is 1. The fourth-order valence-corrected chi connectivity index (χ4v) is 3.43. The number of aromatic nitrogens is 1. The van der Waals surface area contributed by atoms with E-state index in [1.165, 1.54) is 22.7 Å². The van der Waals surface area contributed by atoms with Gasteiger partial charge in [-0.3, -0.25) is 14.9 Å². The van der Waals surface area contributed by atoms with E-state index in [0.717, 1.165) is 11.3 Å². The van der Waals surface area contributed by atoms with E-state index in [9.17, 15) is 9.59 Å². The van der Waals surface area contributed by atoms with E-state index in [1.54, 1.807) is 11.4 Å². The topological polar surface area (TPSA) is 71.1 Å². The van der Waals surface area contributed by atoms with Gasteiger partial charge in [0.1, 0.15) is 0 Å². The van der Waals surface area contributed by atoms with Gasteiger partial charge in [-0.1, -0.05) is 18.2 Å². The first-order chi connectivity index (χ1) is 11.6. The first-order valence-electron chi connectivity index (χ1n) is 7.26. The van der Waals surface area contributed by atoms with Crippen molar-refractivity contribution >= 4 is 45.3 Å². The van der Waals surface area contributed by atoms with Crippen molar-refractivity contribution in [3.05, 3.63) is 63.3 Å². The van der Waals surface area contributed by atoms with Crippen LogP contribution in [0.25, 0.3) is 0 Å². The molecule has 0 aliphatic carbocycles. The molecule has 2 amide bonds. The van der Waals surface area contributed by atoms with E-state index < -0.39 is 0 Å². The predicted octanol–water partition coefficient (Wildman–Crippen LogP) is 3.95. The van der Waals surface area contributed by atoms with Crippen LogP contribution in [0.2, 0.25) is 0 Å². The number of hydrogen-bond acceptors (Lipinski definition) is 5. The van der Waals surface area contributed by atoms with Crippen LogP contribution in [-0.2, 0) is 11.2 Å². The highest BCUT2D eigenvalue weighted by atomic mass is 32.1. The van der Waals surface area contributed by atoms with Gasteiger partial charge in [0.25, 0.3) is 5.91 Å². The third kappa shape index (κ3) is 4.27.